The first-order valence-corrected chi connectivity index (χ1v) is 7.30. The molecule has 0 bridgehead atoms. The van der Waals surface area contributed by atoms with Gasteiger partial charge in [0.1, 0.15) is 11.5 Å². The van der Waals surface area contributed by atoms with Crippen LogP contribution in [0.5, 0.6) is 0 Å². The molecular formula is C16H19ClN4O. The molecule has 2 N–H and O–H groups in total. The van der Waals surface area contributed by atoms with Crippen molar-refractivity contribution in [1.82, 2.24) is 9.97 Å². The summed E-state index contributed by atoms with van der Waals surface area (Å²) in [6, 6.07) is 5.33. The largest absolute Gasteiger partial charge is 0.364 e. The maximum Gasteiger partial charge on any atom is 0.275 e. The summed E-state index contributed by atoms with van der Waals surface area (Å²) in [5.74, 6) is 0.308. The minimum Gasteiger partial charge on any atom is -0.364 e. The van der Waals surface area contributed by atoms with E-state index in [2.05, 4.69) is 20.6 Å². The van der Waals surface area contributed by atoms with Gasteiger partial charge in [-0.3, -0.25) is 4.79 Å². The molecule has 0 aliphatic carbocycles. The number of aryl methyl sites for hydroxylation is 1. The van der Waals surface area contributed by atoms with Crippen LogP contribution in [0, 0.1) is 6.92 Å². The lowest BCUT2D eigenvalue weighted by Crippen LogP contribution is -2.27. The number of nitrogens with zero attached hydrogens (tertiary/aromatic N) is 2. The zero-order valence-corrected chi connectivity index (χ0v) is 13.8. The number of carbonyl (C=O) groups excluding carboxylic acids is 1. The minimum atomic E-state index is -0.319. The van der Waals surface area contributed by atoms with Gasteiger partial charge in [0, 0.05) is 16.2 Å². The van der Waals surface area contributed by atoms with Gasteiger partial charge in [0.25, 0.3) is 5.91 Å². The third kappa shape index (κ3) is 4.43. The summed E-state index contributed by atoms with van der Waals surface area (Å²) in [4.78, 5) is 20.5. The molecule has 0 spiro atoms. The first-order chi connectivity index (χ1) is 10.2. The SMILES string of the molecule is Cc1ccc(Cl)cc1NC(=O)c1cnc(NC(C)(C)C)cn1. The van der Waals surface area contributed by atoms with Crippen LogP contribution in [0.4, 0.5) is 11.5 Å². The van der Waals surface area contributed by atoms with Gasteiger partial charge in [-0.25, -0.2) is 9.97 Å². The molecule has 1 aromatic heterocycles. The molecule has 5 nitrogen and oxygen atoms in total. The van der Waals surface area contributed by atoms with Crippen LogP contribution in [0.15, 0.2) is 30.6 Å². The highest BCUT2D eigenvalue weighted by Crippen LogP contribution is 2.20. The van der Waals surface area contributed by atoms with Crippen molar-refractivity contribution < 1.29 is 4.79 Å². The average Bonchev–Trinajstić information content (AvgIpc) is 2.42. The molecule has 1 amide bonds. The van der Waals surface area contributed by atoms with Crippen molar-refractivity contribution in [3.8, 4) is 0 Å². The molecule has 0 unspecified atom stereocenters. The number of aromatic nitrogens is 2. The number of anilines is 2. The van der Waals surface area contributed by atoms with Gasteiger partial charge in [-0.05, 0) is 45.4 Å². The van der Waals surface area contributed by atoms with Gasteiger partial charge in [-0.2, -0.15) is 0 Å². The third-order valence-corrected chi connectivity index (χ3v) is 3.07. The molecule has 6 heteroatoms. The lowest BCUT2D eigenvalue weighted by Gasteiger charge is -2.20. The van der Waals surface area contributed by atoms with E-state index in [4.69, 9.17) is 11.6 Å². The van der Waals surface area contributed by atoms with Crippen LogP contribution in [0.3, 0.4) is 0 Å². The standard InChI is InChI=1S/C16H19ClN4O/c1-10-5-6-11(17)7-12(10)20-15(22)13-8-19-14(9-18-13)21-16(2,3)4/h5-9H,1-4H3,(H,19,21)(H,20,22). The Morgan fingerprint density at radius 1 is 1.18 bits per heavy atom. The van der Waals surface area contributed by atoms with Gasteiger partial charge < -0.3 is 10.6 Å². The molecule has 1 heterocycles. The molecule has 2 aromatic rings. The maximum absolute atomic E-state index is 12.2. The summed E-state index contributed by atoms with van der Waals surface area (Å²) in [5, 5.41) is 6.55. The Bertz CT molecular complexity index is 678. The normalized spacial score (nSPS) is 11.1. The Labute approximate surface area is 135 Å². The van der Waals surface area contributed by atoms with E-state index in [1.165, 1.54) is 6.20 Å². The Hall–Kier alpha value is -2.14. The fourth-order valence-electron chi connectivity index (χ4n) is 1.81. The number of carbonyl (C=O) groups is 1. The molecule has 1 aromatic carbocycles. The van der Waals surface area contributed by atoms with E-state index in [1.807, 2.05) is 33.8 Å². The van der Waals surface area contributed by atoms with Crippen LogP contribution < -0.4 is 10.6 Å². The molecule has 0 aliphatic heterocycles. The zero-order valence-electron chi connectivity index (χ0n) is 13.1. The van der Waals surface area contributed by atoms with E-state index in [-0.39, 0.29) is 17.1 Å². The third-order valence-electron chi connectivity index (χ3n) is 2.84. The molecule has 0 aliphatic rings. The summed E-state index contributed by atoms with van der Waals surface area (Å²) in [6.07, 6.45) is 2.99. The minimum absolute atomic E-state index is 0.115. The molecule has 22 heavy (non-hydrogen) atoms. The molecular weight excluding hydrogens is 300 g/mol. The fourth-order valence-corrected chi connectivity index (χ4v) is 1.98. The van der Waals surface area contributed by atoms with Crippen LogP contribution in [-0.2, 0) is 0 Å². The second kappa shape index (κ2) is 6.32. The topological polar surface area (TPSA) is 66.9 Å². The van der Waals surface area contributed by atoms with Crippen LogP contribution in [-0.4, -0.2) is 21.4 Å². The van der Waals surface area contributed by atoms with Crippen molar-refractivity contribution in [3.05, 3.63) is 46.9 Å². The van der Waals surface area contributed by atoms with Crippen LogP contribution >= 0.6 is 11.6 Å². The van der Waals surface area contributed by atoms with E-state index in [0.29, 0.717) is 16.5 Å². The van der Waals surface area contributed by atoms with Crippen molar-refractivity contribution in [2.24, 2.45) is 0 Å². The van der Waals surface area contributed by atoms with E-state index < -0.39 is 0 Å². The number of benzene rings is 1. The Morgan fingerprint density at radius 2 is 1.91 bits per heavy atom. The quantitative estimate of drug-likeness (QED) is 0.900. The van der Waals surface area contributed by atoms with Gasteiger partial charge in [0.2, 0.25) is 0 Å². The van der Waals surface area contributed by atoms with E-state index in [9.17, 15) is 4.79 Å². The number of rotatable bonds is 3. The number of hydrogen-bond donors (Lipinski definition) is 2. The number of hydrogen-bond acceptors (Lipinski definition) is 4. The number of halogens is 1. The predicted octanol–water partition coefficient (Wildman–Crippen LogP) is 3.90. The van der Waals surface area contributed by atoms with Crippen molar-refractivity contribution in [2.45, 2.75) is 33.2 Å². The van der Waals surface area contributed by atoms with Gasteiger partial charge in [-0.15, -0.1) is 0 Å². The summed E-state index contributed by atoms with van der Waals surface area (Å²) in [7, 11) is 0. The molecule has 0 saturated carbocycles. The number of nitrogens with one attached hydrogen (secondary N) is 2. The molecule has 0 fully saturated rings. The fraction of sp³-hybridized carbons (Fsp3) is 0.312. The molecule has 2 rings (SSSR count). The highest BCUT2D eigenvalue weighted by Gasteiger charge is 2.13. The van der Waals surface area contributed by atoms with Crippen molar-refractivity contribution in [3.63, 3.8) is 0 Å². The predicted molar refractivity (Wildman–Crippen MR) is 89.5 cm³/mol. The van der Waals surface area contributed by atoms with E-state index in [0.717, 1.165) is 5.56 Å². The summed E-state index contributed by atoms with van der Waals surface area (Å²) in [5.41, 5.74) is 1.72. The van der Waals surface area contributed by atoms with Crippen LogP contribution in [0.2, 0.25) is 5.02 Å². The van der Waals surface area contributed by atoms with Crippen molar-refractivity contribution >= 4 is 29.0 Å². The van der Waals surface area contributed by atoms with Crippen molar-refractivity contribution in [2.75, 3.05) is 10.6 Å². The Kier molecular flexibility index (Phi) is 4.66. The lowest BCUT2D eigenvalue weighted by molar-refractivity contribution is 0.102. The molecule has 0 saturated heterocycles. The monoisotopic (exact) mass is 318 g/mol. The van der Waals surface area contributed by atoms with Crippen LogP contribution in [0.25, 0.3) is 0 Å². The number of amides is 1. The highest BCUT2D eigenvalue weighted by atomic mass is 35.5. The lowest BCUT2D eigenvalue weighted by atomic mass is 10.1. The first-order valence-electron chi connectivity index (χ1n) is 6.92. The molecule has 0 atom stereocenters. The average molecular weight is 319 g/mol. The van der Waals surface area contributed by atoms with Crippen molar-refractivity contribution in [1.29, 1.82) is 0 Å². The second-order valence-corrected chi connectivity index (χ2v) is 6.51. The highest BCUT2D eigenvalue weighted by molar-refractivity contribution is 6.31. The van der Waals surface area contributed by atoms with E-state index >= 15 is 0 Å². The van der Waals surface area contributed by atoms with Gasteiger partial charge in [0.05, 0.1) is 12.4 Å². The van der Waals surface area contributed by atoms with Gasteiger partial charge in [-0.1, -0.05) is 17.7 Å². The first kappa shape index (κ1) is 16.2. The molecule has 0 radical (unpaired) electrons. The Morgan fingerprint density at radius 3 is 2.50 bits per heavy atom. The Balaban J connectivity index is 2.11. The maximum atomic E-state index is 12.2. The summed E-state index contributed by atoms with van der Waals surface area (Å²) in [6.45, 7) is 7.97. The van der Waals surface area contributed by atoms with Crippen LogP contribution in [0.1, 0.15) is 36.8 Å². The summed E-state index contributed by atoms with van der Waals surface area (Å²) >= 11 is 5.94. The second-order valence-electron chi connectivity index (χ2n) is 6.08. The smallest absolute Gasteiger partial charge is 0.275 e. The van der Waals surface area contributed by atoms with Gasteiger partial charge in [0.15, 0.2) is 0 Å². The zero-order chi connectivity index (χ0) is 16.3. The van der Waals surface area contributed by atoms with Gasteiger partial charge >= 0.3 is 0 Å². The van der Waals surface area contributed by atoms with E-state index in [1.54, 1.807) is 18.3 Å². The molecule has 116 valence electrons. The summed E-state index contributed by atoms with van der Waals surface area (Å²) < 4.78 is 0.